The Balaban J connectivity index is 3.31. The normalized spacial score (nSPS) is 11.8. The number of alkyl halides is 3. The maximum absolute atomic E-state index is 12.3. The van der Waals surface area contributed by atoms with Gasteiger partial charge in [-0.3, -0.25) is 0 Å². The number of rotatable bonds is 0. The Morgan fingerprint density at radius 3 is 2.17 bits per heavy atom. The van der Waals surface area contributed by atoms with Crippen molar-refractivity contribution in [1.29, 1.82) is 0 Å². The first kappa shape index (κ1) is 9.58. The minimum absolute atomic E-state index is 0.0926. The molecule has 0 aromatic heterocycles. The van der Waals surface area contributed by atoms with Crippen LogP contribution in [0.1, 0.15) is 11.1 Å². The van der Waals surface area contributed by atoms with Crippen molar-refractivity contribution in [3.63, 3.8) is 0 Å². The summed E-state index contributed by atoms with van der Waals surface area (Å²) in [6.07, 6.45) is -4.27. The van der Waals surface area contributed by atoms with Gasteiger partial charge in [-0.15, -0.1) is 0 Å². The second-order valence-electron chi connectivity index (χ2n) is 2.43. The Labute approximate surface area is 76.5 Å². The van der Waals surface area contributed by atoms with Crippen LogP contribution in [0, 0.1) is 6.92 Å². The van der Waals surface area contributed by atoms with Gasteiger partial charge in [0.2, 0.25) is 0 Å². The molecular weight excluding hydrogens is 233 g/mol. The lowest BCUT2D eigenvalue weighted by molar-refractivity contribution is -0.138. The largest absolute Gasteiger partial charge is 0.417 e. The van der Waals surface area contributed by atoms with Gasteiger partial charge in [-0.2, -0.15) is 13.2 Å². The van der Waals surface area contributed by atoms with E-state index in [1.807, 2.05) is 0 Å². The van der Waals surface area contributed by atoms with Crippen LogP contribution in [0.2, 0.25) is 0 Å². The zero-order valence-corrected chi connectivity index (χ0v) is 7.83. The van der Waals surface area contributed by atoms with Gasteiger partial charge in [0.05, 0.1) is 5.56 Å². The van der Waals surface area contributed by atoms with Crippen molar-refractivity contribution in [2.24, 2.45) is 0 Å². The molecule has 0 radical (unpaired) electrons. The molecule has 0 saturated carbocycles. The Kier molecular flexibility index (Phi) is 2.46. The van der Waals surface area contributed by atoms with E-state index in [0.29, 0.717) is 0 Å². The number of aryl methyl sites for hydroxylation is 1. The zero-order chi connectivity index (χ0) is 9.35. The van der Waals surface area contributed by atoms with Crippen LogP contribution >= 0.6 is 15.9 Å². The highest BCUT2D eigenvalue weighted by Crippen LogP contribution is 2.36. The van der Waals surface area contributed by atoms with Crippen molar-refractivity contribution in [3.05, 3.63) is 33.8 Å². The Morgan fingerprint density at radius 2 is 1.83 bits per heavy atom. The SMILES string of the molecule is Cc1cccc(Br)c1C(F)(F)F. The van der Waals surface area contributed by atoms with Gasteiger partial charge >= 0.3 is 6.18 Å². The van der Waals surface area contributed by atoms with Crippen LogP contribution in [0.5, 0.6) is 0 Å². The summed E-state index contributed by atoms with van der Waals surface area (Å²) in [5, 5.41) is 0. The highest BCUT2D eigenvalue weighted by Gasteiger charge is 2.34. The molecule has 0 fully saturated rings. The quantitative estimate of drug-likeness (QED) is 0.646. The third kappa shape index (κ3) is 1.80. The van der Waals surface area contributed by atoms with E-state index in [0.717, 1.165) is 0 Å². The first-order valence-corrected chi connectivity index (χ1v) is 4.04. The third-order valence-electron chi connectivity index (χ3n) is 1.51. The fraction of sp³-hybridized carbons (Fsp3) is 0.250. The Morgan fingerprint density at radius 1 is 1.25 bits per heavy atom. The van der Waals surface area contributed by atoms with Gasteiger partial charge in [0, 0.05) is 4.47 Å². The highest BCUT2D eigenvalue weighted by molar-refractivity contribution is 9.10. The summed E-state index contributed by atoms with van der Waals surface area (Å²) in [5.41, 5.74) is -0.359. The summed E-state index contributed by atoms with van der Waals surface area (Å²) in [5.74, 6) is 0. The molecular formula is C8H6BrF3. The summed E-state index contributed by atoms with van der Waals surface area (Å²) >= 11 is 2.86. The zero-order valence-electron chi connectivity index (χ0n) is 6.24. The summed E-state index contributed by atoms with van der Waals surface area (Å²) < 4.78 is 36.9. The van der Waals surface area contributed by atoms with E-state index in [4.69, 9.17) is 0 Å². The van der Waals surface area contributed by atoms with E-state index in [2.05, 4.69) is 15.9 Å². The topological polar surface area (TPSA) is 0 Å². The van der Waals surface area contributed by atoms with Crippen LogP contribution in [-0.2, 0) is 6.18 Å². The van der Waals surface area contributed by atoms with Gasteiger partial charge in [0.1, 0.15) is 0 Å². The monoisotopic (exact) mass is 238 g/mol. The van der Waals surface area contributed by atoms with E-state index < -0.39 is 11.7 Å². The molecule has 0 aliphatic rings. The summed E-state index contributed by atoms with van der Waals surface area (Å²) in [7, 11) is 0. The minimum atomic E-state index is -4.27. The predicted molar refractivity (Wildman–Crippen MR) is 43.9 cm³/mol. The van der Waals surface area contributed by atoms with Crippen molar-refractivity contribution in [3.8, 4) is 0 Å². The van der Waals surface area contributed by atoms with Crippen LogP contribution in [0.25, 0.3) is 0 Å². The number of benzene rings is 1. The summed E-state index contributed by atoms with van der Waals surface area (Å²) in [6.45, 7) is 1.44. The van der Waals surface area contributed by atoms with E-state index in [1.165, 1.54) is 19.1 Å². The van der Waals surface area contributed by atoms with E-state index in [-0.39, 0.29) is 10.0 Å². The molecule has 0 saturated heterocycles. The molecule has 0 bridgehead atoms. The van der Waals surface area contributed by atoms with Crippen molar-refractivity contribution < 1.29 is 13.2 Å². The van der Waals surface area contributed by atoms with Crippen LogP contribution in [0.15, 0.2) is 22.7 Å². The second-order valence-corrected chi connectivity index (χ2v) is 3.28. The second kappa shape index (κ2) is 3.09. The number of hydrogen-bond acceptors (Lipinski definition) is 0. The van der Waals surface area contributed by atoms with Crippen molar-refractivity contribution >= 4 is 15.9 Å². The minimum Gasteiger partial charge on any atom is -0.166 e. The van der Waals surface area contributed by atoms with Crippen LogP contribution in [0.3, 0.4) is 0 Å². The fourth-order valence-electron chi connectivity index (χ4n) is 0.991. The van der Waals surface area contributed by atoms with Gasteiger partial charge in [0.15, 0.2) is 0 Å². The molecule has 0 heterocycles. The standard InChI is InChI=1S/C8H6BrF3/c1-5-3-2-4-6(9)7(5)8(10,11)12/h2-4H,1H3. The first-order valence-electron chi connectivity index (χ1n) is 3.25. The maximum Gasteiger partial charge on any atom is 0.417 e. The Bertz CT molecular complexity index is 271. The fourth-order valence-corrected chi connectivity index (χ4v) is 1.68. The molecule has 0 spiro atoms. The lowest BCUT2D eigenvalue weighted by Crippen LogP contribution is -2.08. The average molecular weight is 239 g/mol. The molecule has 0 nitrogen and oxygen atoms in total. The molecule has 0 amide bonds. The van der Waals surface area contributed by atoms with Crippen molar-refractivity contribution in [2.45, 2.75) is 13.1 Å². The van der Waals surface area contributed by atoms with Gasteiger partial charge in [0.25, 0.3) is 0 Å². The molecule has 0 unspecified atom stereocenters. The molecule has 66 valence electrons. The highest BCUT2D eigenvalue weighted by atomic mass is 79.9. The van der Waals surface area contributed by atoms with Crippen LogP contribution in [0.4, 0.5) is 13.2 Å². The van der Waals surface area contributed by atoms with Crippen molar-refractivity contribution in [2.75, 3.05) is 0 Å². The third-order valence-corrected chi connectivity index (χ3v) is 2.17. The average Bonchev–Trinajstić information content (AvgIpc) is 1.82. The lowest BCUT2D eigenvalue weighted by atomic mass is 10.1. The first-order chi connectivity index (χ1) is 5.43. The van der Waals surface area contributed by atoms with E-state index >= 15 is 0 Å². The van der Waals surface area contributed by atoms with Crippen molar-refractivity contribution in [1.82, 2.24) is 0 Å². The smallest absolute Gasteiger partial charge is 0.166 e. The van der Waals surface area contributed by atoms with Crippen LogP contribution < -0.4 is 0 Å². The molecule has 0 N–H and O–H groups in total. The summed E-state index contributed by atoms with van der Waals surface area (Å²) in [6, 6.07) is 4.40. The lowest BCUT2D eigenvalue weighted by Gasteiger charge is -2.11. The number of hydrogen-bond donors (Lipinski definition) is 0. The predicted octanol–water partition coefficient (Wildman–Crippen LogP) is 3.78. The molecule has 0 aliphatic heterocycles. The van der Waals surface area contributed by atoms with Gasteiger partial charge in [-0.05, 0) is 18.6 Å². The molecule has 0 aliphatic carbocycles. The van der Waals surface area contributed by atoms with E-state index in [1.54, 1.807) is 6.07 Å². The van der Waals surface area contributed by atoms with Gasteiger partial charge in [-0.25, -0.2) is 0 Å². The molecule has 1 aromatic carbocycles. The molecule has 0 atom stereocenters. The van der Waals surface area contributed by atoms with E-state index in [9.17, 15) is 13.2 Å². The van der Waals surface area contributed by atoms with Gasteiger partial charge in [-0.1, -0.05) is 28.1 Å². The maximum atomic E-state index is 12.3. The Hall–Kier alpha value is -0.510. The molecule has 1 rings (SSSR count). The number of halogens is 4. The summed E-state index contributed by atoms with van der Waals surface area (Å²) in [4.78, 5) is 0. The molecule has 1 aromatic rings. The molecule has 4 heteroatoms. The van der Waals surface area contributed by atoms with Crippen LogP contribution in [-0.4, -0.2) is 0 Å². The molecule has 12 heavy (non-hydrogen) atoms. The van der Waals surface area contributed by atoms with Gasteiger partial charge < -0.3 is 0 Å².